The highest BCUT2D eigenvalue weighted by atomic mass is 19.1. The summed E-state index contributed by atoms with van der Waals surface area (Å²) < 4.78 is 17.3. The molecule has 6 rings (SSSR count). The van der Waals surface area contributed by atoms with E-state index in [0.717, 1.165) is 29.6 Å². The van der Waals surface area contributed by atoms with Crippen LogP contribution in [0.1, 0.15) is 56.6 Å². The van der Waals surface area contributed by atoms with Gasteiger partial charge in [-0.3, -0.25) is 14.5 Å². The maximum atomic E-state index is 13.5. The number of nitrogens with zero attached hydrogens (tertiary/aromatic N) is 5. The Kier molecular flexibility index (Phi) is 4.35. The van der Waals surface area contributed by atoms with Gasteiger partial charge in [-0.15, -0.1) is 0 Å². The number of aromatic nitrogens is 3. The van der Waals surface area contributed by atoms with Gasteiger partial charge in [0, 0.05) is 31.0 Å². The molecule has 1 aliphatic carbocycles. The van der Waals surface area contributed by atoms with E-state index in [1.165, 1.54) is 26.0 Å². The number of imidazole rings is 1. The molecule has 0 radical (unpaired) electrons. The second kappa shape index (κ2) is 6.87. The van der Waals surface area contributed by atoms with Gasteiger partial charge in [0.15, 0.2) is 6.20 Å². The Labute approximate surface area is 202 Å². The predicted molar refractivity (Wildman–Crippen MR) is 125 cm³/mol. The zero-order chi connectivity index (χ0) is 24.9. The van der Waals surface area contributed by atoms with Crippen LogP contribution in [0.15, 0.2) is 36.5 Å². The van der Waals surface area contributed by atoms with Crippen LogP contribution in [-0.2, 0) is 15.9 Å². The third kappa shape index (κ3) is 3.14. The van der Waals surface area contributed by atoms with Crippen LogP contribution in [0, 0.1) is 5.82 Å². The van der Waals surface area contributed by atoms with Crippen molar-refractivity contribution in [2.24, 2.45) is 0 Å². The fraction of sp³-hybridized carbons (Fsp3) is 0.462. The van der Waals surface area contributed by atoms with Gasteiger partial charge in [-0.1, -0.05) is 16.5 Å². The summed E-state index contributed by atoms with van der Waals surface area (Å²) in [7, 11) is 0. The highest BCUT2D eigenvalue weighted by Gasteiger charge is 2.58. The lowest BCUT2D eigenvalue weighted by Gasteiger charge is -2.43. The number of halogens is 1. The smallest absolute Gasteiger partial charge is 0.313 e. The van der Waals surface area contributed by atoms with Crippen molar-refractivity contribution in [1.82, 2.24) is 19.4 Å². The van der Waals surface area contributed by atoms with Crippen molar-refractivity contribution in [3.63, 3.8) is 0 Å². The summed E-state index contributed by atoms with van der Waals surface area (Å²) in [6.45, 7) is 8.19. The van der Waals surface area contributed by atoms with Crippen molar-refractivity contribution in [3.05, 3.63) is 53.6 Å². The number of fused-ring (bicyclic) bond motifs is 5. The van der Waals surface area contributed by atoms with Gasteiger partial charge in [0.1, 0.15) is 17.1 Å². The summed E-state index contributed by atoms with van der Waals surface area (Å²) in [6, 6.07) is 8.32. The first kappa shape index (κ1) is 22.2. The van der Waals surface area contributed by atoms with Crippen LogP contribution in [0.3, 0.4) is 0 Å². The molecule has 3 aromatic rings. The van der Waals surface area contributed by atoms with E-state index in [9.17, 15) is 19.1 Å². The number of carbonyl (C=O) groups is 2. The van der Waals surface area contributed by atoms with E-state index in [1.54, 1.807) is 27.7 Å². The zero-order valence-electron chi connectivity index (χ0n) is 20.4. The number of benzene rings is 1. The van der Waals surface area contributed by atoms with Crippen LogP contribution in [0.4, 0.5) is 4.39 Å². The molecule has 4 heterocycles. The lowest BCUT2D eigenvalue weighted by atomic mass is 9.97. The van der Waals surface area contributed by atoms with E-state index in [-0.39, 0.29) is 29.6 Å². The number of hydrogen-bond acceptors (Lipinski definition) is 4. The van der Waals surface area contributed by atoms with Crippen molar-refractivity contribution in [2.75, 3.05) is 19.6 Å². The summed E-state index contributed by atoms with van der Waals surface area (Å²) in [5.41, 5.74) is 1.61. The van der Waals surface area contributed by atoms with E-state index in [1.807, 2.05) is 16.4 Å². The van der Waals surface area contributed by atoms with Crippen LogP contribution in [0.25, 0.3) is 16.9 Å². The van der Waals surface area contributed by atoms with Crippen LogP contribution < -0.4 is 4.57 Å². The average molecular weight is 479 g/mol. The van der Waals surface area contributed by atoms with Crippen molar-refractivity contribution >= 4 is 17.5 Å². The van der Waals surface area contributed by atoms with E-state index in [2.05, 4.69) is 13.0 Å². The monoisotopic (exact) mass is 478 g/mol. The standard InChI is InChI=1S/C26H29FN5O3/c1-24(2,35)23(34)29-11-12-30-22(33)20-14-31-21(32(20)26(30,4)15-29)18(25(3)9-10-25)13-19(28-31)16-5-7-17(27)8-6-16/h5-8,13-14,35H,9-12,15H2,1-4H3/q+1. The molecule has 35 heavy (non-hydrogen) atoms. The first-order valence-corrected chi connectivity index (χ1v) is 12.0. The summed E-state index contributed by atoms with van der Waals surface area (Å²) in [6.07, 6.45) is 3.81. The molecule has 8 nitrogen and oxygen atoms in total. The molecule has 1 saturated carbocycles. The largest absolute Gasteiger partial charge is 0.381 e. The molecule has 2 fully saturated rings. The fourth-order valence-corrected chi connectivity index (χ4v) is 5.62. The quantitative estimate of drug-likeness (QED) is 0.586. The van der Waals surface area contributed by atoms with Crippen LogP contribution in [0.2, 0.25) is 0 Å². The molecule has 1 unspecified atom stereocenters. The van der Waals surface area contributed by atoms with Crippen molar-refractivity contribution in [1.29, 1.82) is 0 Å². The second-order valence-corrected chi connectivity index (χ2v) is 11.1. The molecule has 2 aliphatic heterocycles. The van der Waals surface area contributed by atoms with Crippen LogP contribution in [0.5, 0.6) is 0 Å². The van der Waals surface area contributed by atoms with Gasteiger partial charge in [-0.25, -0.2) is 4.39 Å². The van der Waals surface area contributed by atoms with E-state index in [4.69, 9.17) is 5.10 Å². The number of hydrogen-bond donors (Lipinski definition) is 1. The summed E-state index contributed by atoms with van der Waals surface area (Å²) in [5.74, 6) is -0.751. The molecule has 2 aromatic heterocycles. The minimum atomic E-state index is -1.49. The fourth-order valence-electron chi connectivity index (χ4n) is 5.62. The van der Waals surface area contributed by atoms with E-state index in [0.29, 0.717) is 24.5 Å². The first-order chi connectivity index (χ1) is 16.4. The van der Waals surface area contributed by atoms with Gasteiger partial charge in [0.2, 0.25) is 11.4 Å². The Morgan fingerprint density at radius 2 is 1.86 bits per heavy atom. The Balaban J connectivity index is 1.54. The Hall–Kier alpha value is -3.33. The average Bonchev–Trinajstić information content (AvgIpc) is 3.36. The SMILES string of the molecule is CC(C)(O)C(=O)N1CCN2C(=O)c3cn4nc(-c5ccc(F)cc5)cc(C5(C)CC5)c4[n+]3C2(C)C1. The third-order valence-electron chi connectivity index (χ3n) is 7.86. The van der Waals surface area contributed by atoms with E-state index >= 15 is 0 Å². The van der Waals surface area contributed by atoms with Gasteiger partial charge < -0.3 is 10.0 Å². The Morgan fingerprint density at radius 1 is 1.17 bits per heavy atom. The molecule has 182 valence electrons. The predicted octanol–water partition coefficient (Wildman–Crippen LogP) is 2.22. The van der Waals surface area contributed by atoms with Crippen molar-refractivity contribution < 1.29 is 23.7 Å². The van der Waals surface area contributed by atoms with Gasteiger partial charge >= 0.3 is 11.6 Å². The highest BCUT2D eigenvalue weighted by molar-refractivity contribution is 5.93. The van der Waals surface area contributed by atoms with Crippen molar-refractivity contribution in [2.45, 2.75) is 57.2 Å². The molecule has 1 aromatic carbocycles. The van der Waals surface area contributed by atoms with Gasteiger partial charge in [0.25, 0.3) is 5.91 Å². The normalized spacial score (nSPS) is 23.0. The van der Waals surface area contributed by atoms with E-state index < -0.39 is 11.3 Å². The lowest BCUT2D eigenvalue weighted by molar-refractivity contribution is -0.749. The number of carbonyl (C=O) groups excluding carboxylic acids is 2. The van der Waals surface area contributed by atoms with Crippen molar-refractivity contribution in [3.8, 4) is 11.3 Å². The molecule has 0 spiro atoms. The molecule has 1 atom stereocenters. The topological polar surface area (TPSA) is 82.0 Å². The summed E-state index contributed by atoms with van der Waals surface area (Å²) in [5, 5.41) is 15.2. The van der Waals surface area contributed by atoms with Crippen LogP contribution >= 0.6 is 0 Å². The molecule has 9 heteroatoms. The Bertz CT molecular complexity index is 1400. The number of amides is 2. The lowest BCUT2D eigenvalue weighted by Crippen LogP contribution is -2.70. The summed E-state index contributed by atoms with van der Waals surface area (Å²) >= 11 is 0. The van der Waals surface area contributed by atoms with Gasteiger partial charge in [0.05, 0.1) is 12.1 Å². The first-order valence-electron chi connectivity index (χ1n) is 12.0. The number of piperazine rings is 1. The molecule has 2 amide bonds. The highest BCUT2D eigenvalue weighted by Crippen LogP contribution is 2.50. The molecule has 0 bridgehead atoms. The minimum absolute atomic E-state index is 0.0534. The zero-order valence-corrected chi connectivity index (χ0v) is 20.4. The van der Waals surface area contributed by atoms with Gasteiger partial charge in [-0.2, -0.15) is 4.57 Å². The maximum Gasteiger partial charge on any atom is 0.313 e. The molecule has 1 saturated heterocycles. The number of aliphatic hydroxyl groups is 1. The maximum absolute atomic E-state index is 13.5. The summed E-state index contributed by atoms with van der Waals surface area (Å²) in [4.78, 5) is 29.9. The minimum Gasteiger partial charge on any atom is -0.381 e. The molecule has 3 aliphatic rings. The van der Waals surface area contributed by atoms with Gasteiger partial charge in [-0.05, 0) is 57.0 Å². The molecule has 1 N–H and O–H groups in total. The molecular formula is C26H29FN5O3+. The number of rotatable bonds is 3. The third-order valence-corrected chi connectivity index (χ3v) is 7.86. The Morgan fingerprint density at radius 3 is 2.49 bits per heavy atom. The second-order valence-electron chi connectivity index (χ2n) is 11.1. The molecular weight excluding hydrogens is 449 g/mol. The van der Waals surface area contributed by atoms with Crippen LogP contribution in [-0.4, -0.2) is 61.6 Å².